The van der Waals surface area contributed by atoms with Crippen LogP contribution >= 0.6 is 0 Å². The average molecular weight is 420 g/mol. The molecule has 0 unspecified atom stereocenters. The lowest BCUT2D eigenvalue weighted by atomic mass is 10.0. The molecule has 1 heterocycles. The van der Waals surface area contributed by atoms with E-state index in [1.807, 2.05) is 54.6 Å². The number of benzene rings is 2. The highest BCUT2D eigenvalue weighted by atomic mass is 16.5. The van der Waals surface area contributed by atoms with E-state index in [-0.39, 0.29) is 18.7 Å². The molecule has 0 aliphatic heterocycles. The first-order valence-electron chi connectivity index (χ1n) is 9.86. The quantitative estimate of drug-likeness (QED) is 0.536. The first-order valence-corrected chi connectivity index (χ1v) is 9.86. The number of nitrogens with zero attached hydrogens (tertiary/aromatic N) is 2. The molecule has 0 fully saturated rings. The van der Waals surface area contributed by atoms with E-state index in [0.29, 0.717) is 11.2 Å². The molecule has 8 nitrogen and oxygen atoms in total. The molecule has 0 aliphatic rings. The van der Waals surface area contributed by atoms with Crippen LogP contribution in [0.4, 0.5) is 0 Å². The summed E-state index contributed by atoms with van der Waals surface area (Å²) in [5, 5.41) is 5.34. The van der Waals surface area contributed by atoms with Crippen molar-refractivity contribution in [2.24, 2.45) is 0 Å². The lowest BCUT2D eigenvalue weighted by Crippen LogP contribution is -2.53. The normalized spacial score (nSPS) is 12.6. The van der Waals surface area contributed by atoms with Gasteiger partial charge in [-0.3, -0.25) is 14.6 Å². The van der Waals surface area contributed by atoms with Gasteiger partial charge in [-0.25, -0.2) is 9.78 Å². The Bertz CT molecular complexity index is 1070. The molecule has 2 N–H and O–H groups in total. The number of carbonyl (C=O) groups excluding carboxylic acids is 3. The third-order valence-corrected chi connectivity index (χ3v) is 4.69. The minimum absolute atomic E-state index is 0.106. The second-order valence-electron chi connectivity index (χ2n) is 7.08. The molecule has 0 bridgehead atoms. The molecule has 31 heavy (non-hydrogen) atoms. The summed E-state index contributed by atoms with van der Waals surface area (Å²) in [6.07, 6.45) is 1.96. The van der Waals surface area contributed by atoms with Crippen molar-refractivity contribution < 1.29 is 19.1 Å². The van der Waals surface area contributed by atoms with Gasteiger partial charge < -0.3 is 15.4 Å². The monoisotopic (exact) mass is 420 g/mol. The third kappa shape index (κ3) is 6.08. The summed E-state index contributed by atoms with van der Waals surface area (Å²) in [4.78, 5) is 45.8. The van der Waals surface area contributed by atoms with Gasteiger partial charge in [0, 0.05) is 26.0 Å². The maximum Gasteiger partial charge on any atom is 0.328 e. The van der Waals surface area contributed by atoms with Gasteiger partial charge in [-0.2, -0.15) is 0 Å². The van der Waals surface area contributed by atoms with Crippen LogP contribution in [0.25, 0.3) is 11.0 Å². The van der Waals surface area contributed by atoms with Crippen molar-refractivity contribution >= 4 is 28.8 Å². The topological polar surface area (TPSA) is 110 Å². The minimum atomic E-state index is -0.972. The number of ether oxygens (including phenoxy) is 1. The molecule has 1 aromatic heterocycles. The van der Waals surface area contributed by atoms with Gasteiger partial charge in [0.2, 0.25) is 11.8 Å². The summed E-state index contributed by atoms with van der Waals surface area (Å²) < 4.78 is 4.86. The Balaban J connectivity index is 1.77. The zero-order valence-corrected chi connectivity index (χ0v) is 17.4. The lowest BCUT2D eigenvalue weighted by molar-refractivity contribution is -0.145. The molecule has 2 aromatic carbocycles. The van der Waals surface area contributed by atoms with E-state index in [9.17, 15) is 14.4 Å². The Morgan fingerprint density at radius 3 is 2.26 bits per heavy atom. The van der Waals surface area contributed by atoms with E-state index in [0.717, 1.165) is 11.1 Å². The van der Waals surface area contributed by atoms with Gasteiger partial charge in [0.15, 0.2) is 0 Å². The van der Waals surface area contributed by atoms with E-state index < -0.39 is 24.0 Å². The number of fused-ring (bicyclic) bond motifs is 1. The number of esters is 1. The highest BCUT2D eigenvalue weighted by Crippen LogP contribution is 2.11. The van der Waals surface area contributed by atoms with Crippen molar-refractivity contribution in [3.8, 4) is 0 Å². The molecule has 2 atom stereocenters. The fourth-order valence-electron chi connectivity index (χ4n) is 3.22. The van der Waals surface area contributed by atoms with Crippen molar-refractivity contribution in [3.05, 3.63) is 72.1 Å². The molecular weight excluding hydrogens is 396 g/mol. The van der Waals surface area contributed by atoms with E-state index >= 15 is 0 Å². The van der Waals surface area contributed by atoms with E-state index in [4.69, 9.17) is 4.74 Å². The Morgan fingerprint density at radius 2 is 1.58 bits per heavy atom. The van der Waals surface area contributed by atoms with Gasteiger partial charge >= 0.3 is 5.97 Å². The predicted octanol–water partition coefficient (Wildman–Crippen LogP) is 1.58. The Kier molecular flexibility index (Phi) is 7.26. The van der Waals surface area contributed by atoms with E-state index in [1.165, 1.54) is 14.0 Å². The van der Waals surface area contributed by atoms with Crippen molar-refractivity contribution in [2.45, 2.75) is 31.8 Å². The summed E-state index contributed by atoms with van der Waals surface area (Å²) in [5.41, 5.74) is 2.84. The molecule has 0 saturated heterocycles. The molecule has 0 saturated carbocycles. The Labute approximate surface area is 180 Å². The molecule has 3 aromatic rings. The van der Waals surface area contributed by atoms with Gasteiger partial charge in [-0.1, -0.05) is 42.5 Å². The Hall–Kier alpha value is -3.81. The van der Waals surface area contributed by atoms with Crippen LogP contribution in [0.5, 0.6) is 0 Å². The van der Waals surface area contributed by atoms with Gasteiger partial charge in [-0.15, -0.1) is 0 Å². The van der Waals surface area contributed by atoms with Crippen molar-refractivity contribution in [1.29, 1.82) is 0 Å². The number of hydrogen-bond acceptors (Lipinski definition) is 6. The van der Waals surface area contributed by atoms with Crippen LogP contribution in [0.3, 0.4) is 0 Å². The summed E-state index contributed by atoms with van der Waals surface area (Å²) in [7, 11) is 1.25. The highest BCUT2D eigenvalue weighted by molar-refractivity contribution is 5.90. The molecule has 2 amide bonds. The molecule has 0 aliphatic carbocycles. The second kappa shape index (κ2) is 10.3. The molecule has 0 radical (unpaired) electrons. The van der Waals surface area contributed by atoms with Crippen LogP contribution in [-0.4, -0.2) is 46.9 Å². The highest BCUT2D eigenvalue weighted by Gasteiger charge is 2.27. The summed E-state index contributed by atoms with van der Waals surface area (Å²) in [6.45, 7) is 1.34. The fourth-order valence-corrected chi connectivity index (χ4v) is 3.22. The Morgan fingerprint density at radius 1 is 0.903 bits per heavy atom. The lowest BCUT2D eigenvalue weighted by Gasteiger charge is -2.22. The number of hydrogen-bond donors (Lipinski definition) is 2. The van der Waals surface area contributed by atoms with Crippen LogP contribution in [0.1, 0.15) is 18.2 Å². The number of methoxy groups -OCH3 is 1. The number of nitrogens with one attached hydrogen (secondary N) is 2. The van der Waals surface area contributed by atoms with Crippen LogP contribution in [0, 0.1) is 0 Å². The molecule has 160 valence electrons. The maximum atomic E-state index is 12.9. The van der Waals surface area contributed by atoms with Crippen LogP contribution in [0.2, 0.25) is 0 Å². The zero-order chi connectivity index (χ0) is 22.2. The molecular formula is C23H24N4O4. The van der Waals surface area contributed by atoms with E-state index in [1.54, 1.807) is 6.20 Å². The number of para-hydroxylation sites is 2. The number of carbonyl (C=O) groups is 3. The fraction of sp³-hybridized carbons (Fsp3) is 0.261. The van der Waals surface area contributed by atoms with Crippen molar-refractivity contribution in [3.63, 3.8) is 0 Å². The smallest absolute Gasteiger partial charge is 0.328 e. The standard InChI is InChI=1S/C23H24N4O4/c1-15(28)25-20(12-16-8-4-3-5-9-16)22(29)27-21(23(30)31-2)13-17-14-24-18-10-6-7-11-19(18)26-17/h3-11,14,20-21H,12-13H2,1-2H3,(H,25,28)(H,27,29)/t20-,21-/m1/s1. The summed E-state index contributed by atoms with van der Waals surface area (Å²) >= 11 is 0. The first-order chi connectivity index (χ1) is 15.0. The summed E-state index contributed by atoms with van der Waals surface area (Å²) in [6, 6.07) is 14.9. The first kappa shape index (κ1) is 21.9. The number of aromatic nitrogens is 2. The molecule has 8 heteroatoms. The average Bonchev–Trinajstić information content (AvgIpc) is 2.78. The number of rotatable bonds is 8. The van der Waals surface area contributed by atoms with Crippen LogP contribution in [0.15, 0.2) is 60.8 Å². The molecule has 0 spiro atoms. The molecule has 3 rings (SSSR count). The van der Waals surface area contributed by atoms with Gasteiger partial charge in [-0.05, 0) is 17.7 Å². The van der Waals surface area contributed by atoms with Gasteiger partial charge in [0.1, 0.15) is 12.1 Å². The SMILES string of the molecule is COC(=O)[C@@H](Cc1cnc2ccccc2n1)NC(=O)[C@@H](Cc1ccccc1)NC(C)=O. The predicted molar refractivity (Wildman–Crippen MR) is 115 cm³/mol. The van der Waals surface area contributed by atoms with Crippen molar-refractivity contribution in [2.75, 3.05) is 7.11 Å². The minimum Gasteiger partial charge on any atom is -0.467 e. The largest absolute Gasteiger partial charge is 0.467 e. The number of amides is 2. The van der Waals surface area contributed by atoms with Gasteiger partial charge in [0.05, 0.1) is 23.8 Å². The van der Waals surface area contributed by atoms with Crippen molar-refractivity contribution in [1.82, 2.24) is 20.6 Å². The second-order valence-corrected chi connectivity index (χ2v) is 7.08. The van der Waals surface area contributed by atoms with Crippen LogP contribution < -0.4 is 10.6 Å². The third-order valence-electron chi connectivity index (χ3n) is 4.69. The van der Waals surface area contributed by atoms with Crippen LogP contribution in [-0.2, 0) is 32.0 Å². The van der Waals surface area contributed by atoms with Gasteiger partial charge in [0.25, 0.3) is 0 Å². The maximum absolute atomic E-state index is 12.9. The van der Waals surface area contributed by atoms with E-state index in [2.05, 4.69) is 20.6 Å². The zero-order valence-electron chi connectivity index (χ0n) is 17.4. The summed E-state index contributed by atoms with van der Waals surface area (Å²) in [5.74, 6) is -1.43.